The summed E-state index contributed by atoms with van der Waals surface area (Å²) in [6.45, 7) is 21.4. The summed E-state index contributed by atoms with van der Waals surface area (Å²) >= 11 is 12.7. The molecule has 0 bridgehead atoms. The fourth-order valence-corrected chi connectivity index (χ4v) is 8.86. The molecule has 0 unspecified atom stereocenters. The number of alkyl halides is 1. The van der Waals surface area contributed by atoms with E-state index in [9.17, 15) is 14.4 Å². The molecule has 1 N–H and O–H groups in total. The Hall–Kier alpha value is 1.22. The van der Waals surface area contributed by atoms with Crippen LogP contribution in [-0.4, -0.2) is 143 Å². The minimum absolute atomic E-state index is 0. The van der Waals surface area contributed by atoms with Gasteiger partial charge in [0.1, 0.15) is 25.0 Å². The number of fused-ring (bicyclic) bond motifs is 3. The Labute approximate surface area is 543 Å². The topological polar surface area (TPSA) is 221 Å². The molecule has 26 heteroatoms. The number of amides is 3. The molecule has 6 aliphatic rings. The average molecular weight is 1470 g/mol. The molecule has 3 aromatic rings. The largest absolute Gasteiger partial charge is 1.00 e. The number of carbonyl (C=O) groups excluding carboxylic acids is 4. The minimum Gasteiger partial charge on any atom is -1.00 e. The molecule has 0 spiro atoms. The summed E-state index contributed by atoms with van der Waals surface area (Å²) < 4.78 is 33.5. The van der Waals surface area contributed by atoms with E-state index in [4.69, 9.17) is 33.7 Å². The number of nitrogens with zero attached hydrogens (tertiary/aromatic N) is 8. The summed E-state index contributed by atoms with van der Waals surface area (Å²) in [5.74, 6) is 0.127. The molecule has 3 fully saturated rings. The summed E-state index contributed by atoms with van der Waals surface area (Å²) in [6.07, 6.45) is 1.93. The summed E-state index contributed by atoms with van der Waals surface area (Å²) in [5, 5.41) is 24.5. The van der Waals surface area contributed by atoms with E-state index in [1.54, 1.807) is 16.7 Å². The SMILES string of the molecule is CC(=O)N1CCc2c(c(Br)nn2C2COC2)C1.CC(C)(C)OC(=O)N1CCc2[nH]nc(Br)c2C1.CC(C)(C)OC(=O)N1CCc2c(c(Br)nn2C2COC2)C1.IC1COC1.O=CO[O-].[Cs+].[Cs+].[H-]. The maximum Gasteiger partial charge on any atom is 1.00 e. The molecule has 0 saturated carbocycles. The molecule has 9 heterocycles. The van der Waals surface area contributed by atoms with Crippen LogP contribution in [0.2, 0.25) is 0 Å². The second kappa shape index (κ2) is 28.6. The Morgan fingerprint density at radius 2 is 1.09 bits per heavy atom. The molecule has 20 nitrogen and oxygen atoms in total. The molecule has 0 aliphatic carbocycles. The van der Waals surface area contributed by atoms with Crippen molar-refractivity contribution in [2.75, 3.05) is 59.3 Å². The van der Waals surface area contributed by atoms with Crippen LogP contribution in [0.4, 0.5) is 9.59 Å². The van der Waals surface area contributed by atoms with Crippen LogP contribution in [-0.2, 0) is 77.1 Å². The predicted molar refractivity (Wildman–Crippen MR) is 248 cm³/mol. The minimum atomic E-state index is -0.470. The number of aromatic nitrogens is 6. The number of H-pyrrole nitrogens is 1. The molecule has 3 amide bonds. The summed E-state index contributed by atoms with van der Waals surface area (Å²) in [7, 11) is 0. The first-order chi connectivity index (χ1) is 30.2. The Balaban J connectivity index is 0.000000310. The monoisotopic (exact) mass is 1470 g/mol. The second-order valence-electron chi connectivity index (χ2n) is 17.5. The van der Waals surface area contributed by atoms with Crippen molar-refractivity contribution in [3.63, 3.8) is 0 Å². The van der Waals surface area contributed by atoms with Crippen LogP contribution >= 0.6 is 70.4 Å². The first kappa shape index (κ1) is 61.5. The van der Waals surface area contributed by atoms with E-state index in [1.807, 2.05) is 46.4 Å². The van der Waals surface area contributed by atoms with E-state index >= 15 is 0 Å². The zero-order chi connectivity index (χ0) is 46.9. The quantitative estimate of drug-likeness (QED) is 0.115. The third-order valence-corrected chi connectivity index (χ3v) is 12.9. The summed E-state index contributed by atoms with van der Waals surface area (Å²) in [6, 6.07) is 0.706. The maximum atomic E-state index is 12.2. The van der Waals surface area contributed by atoms with E-state index in [2.05, 4.69) is 105 Å². The average Bonchev–Trinajstić information content (AvgIpc) is 3.83. The number of halogens is 4. The van der Waals surface area contributed by atoms with Crippen LogP contribution in [0.25, 0.3) is 0 Å². The van der Waals surface area contributed by atoms with E-state index in [-0.39, 0.29) is 164 Å². The molecule has 3 saturated heterocycles. The summed E-state index contributed by atoms with van der Waals surface area (Å²) in [5.41, 5.74) is 5.90. The van der Waals surface area contributed by atoms with Crippen molar-refractivity contribution in [2.24, 2.45) is 0 Å². The van der Waals surface area contributed by atoms with Crippen molar-refractivity contribution >= 4 is 94.9 Å². The van der Waals surface area contributed by atoms with Crippen LogP contribution in [0, 0.1) is 0 Å². The van der Waals surface area contributed by atoms with Crippen LogP contribution in [0.5, 0.6) is 0 Å². The zero-order valence-electron chi connectivity index (χ0n) is 40.0. The van der Waals surface area contributed by atoms with E-state index < -0.39 is 11.2 Å². The molecule has 6 aliphatic heterocycles. The van der Waals surface area contributed by atoms with Crippen molar-refractivity contribution < 1.29 is 192 Å². The number of aromatic amines is 1. The number of hydrogen-bond acceptors (Lipinski definition) is 14. The van der Waals surface area contributed by atoms with Gasteiger partial charge in [-0.1, -0.05) is 22.6 Å². The fourth-order valence-electron chi connectivity index (χ4n) is 6.84. The van der Waals surface area contributed by atoms with Gasteiger partial charge in [-0.2, -0.15) is 15.3 Å². The fraction of sp³-hybridized carbons (Fsp3) is 0.675. The van der Waals surface area contributed by atoms with Crippen molar-refractivity contribution in [1.82, 2.24) is 44.5 Å². The van der Waals surface area contributed by atoms with Gasteiger partial charge in [0.05, 0.1) is 75.3 Å². The number of nitrogens with one attached hydrogen (secondary N) is 1. The summed E-state index contributed by atoms with van der Waals surface area (Å²) in [4.78, 5) is 52.0. The number of hydrogen-bond donors (Lipinski definition) is 1. The second-order valence-corrected chi connectivity index (χ2v) is 21.5. The zero-order valence-corrected chi connectivity index (χ0v) is 58.5. The van der Waals surface area contributed by atoms with Crippen molar-refractivity contribution in [3.05, 3.63) is 47.6 Å². The van der Waals surface area contributed by atoms with Gasteiger partial charge in [0.25, 0.3) is 6.47 Å². The Bertz CT molecular complexity index is 2100. The van der Waals surface area contributed by atoms with Crippen LogP contribution in [0.3, 0.4) is 0 Å². The number of carbonyl (C=O) groups is 4. The molecule has 0 aromatic carbocycles. The molecule has 0 atom stereocenters. The third-order valence-electron chi connectivity index (χ3n) is 10.3. The van der Waals surface area contributed by atoms with Gasteiger partial charge in [0.15, 0.2) is 0 Å². The van der Waals surface area contributed by atoms with Crippen LogP contribution < -0.4 is 143 Å². The smallest absolute Gasteiger partial charge is 1.00 e. The van der Waals surface area contributed by atoms with Gasteiger partial charge in [0.2, 0.25) is 5.91 Å². The molecular formula is C40H57Br3Cs2IN9O11. The van der Waals surface area contributed by atoms with Gasteiger partial charge >= 0.3 is 150 Å². The standard InChI is InChI=1S/C14H20BrN3O3.C11H14BrN3O2.C11H16BrN3O2.C3H5IO.CH2O3.2Cs.H/c1-14(2,3)21-13(19)17-5-4-11-10(6-17)12(15)16-18(11)9-7-20-8-9;1-7(16)14-3-2-10-9(4-14)11(12)13-15(10)8-5-17-6-8;1-11(2,3)17-10(16)15-5-4-8-7(6-15)9(12)14-13-8;4-3-1-5-2-3;2-1-4-3;;;/h9H,4-8H2,1-3H3;8H,2-6H2,1H3;4-6H2,1-3H3,(H,13,14);3H,1-2H2;1,3H;;;/q;;;;;2*+1;-1/p-1. The Morgan fingerprint density at radius 3 is 1.44 bits per heavy atom. The third kappa shape index (κ3) is 18.0. The predicted octanol–water partition coefficient (Wildman–Crippen LogP) is -0.528. The van der Waals surface area contributed by atoms with Gasteiger partial charge in [0, 0.05) is 79.6 Å². The van der Waals surface area contributed by atoms with Gasteiger partial charge < -0.3 is 50.0 Å². The molecular weight excluding hydrogens is 1410 g/mol. The van der Waals surface area contributed by atoms with E-state index in [0.717, 1.165) is 106 Å². The van der Waals surface area contributed by atoms with Crippen LogP contribution in [0.15, 0.2) is 13.8 Å². The van der Waals surface area contributed by atoms with E-state index in [0.29, 0.717) is 44.8 Å². The van der Waals surface area contributed by atoms with Crippen molar-refractivity contribution in [1.29, 1.82) is 0 Å². The normalized spacial score (nSPS) is 17.5. The Kier molecular flexibility index (Phi) is 26.7. The van der Waals surface area contributed by atoms with Crippen molar-refractivity contribution in [2.45, 2.75) is 115 Å². The Morgan fingerprint density at radius 1 is 0.712 bits per heavy atom. The number of ether oxygens (including phenoxy) is 5. The number of rotatable bonds is 3. The molecule has 0 radical (unpaired) electrons. The van der Waals surface area contributed by atoms with Crippen LogP contribution in [0.1, 0.15) is 95.7 Å². The molecule has 9 rings (SSSR count). The molecule has 3 aromatic heterocycles. The van der Waals surface area contributed by atoms with Crippen molar-refractivity contribution in [3.8, 4) is 0 Å². The first-order valence-electron chi connectivity index (χ1n) is 20.7. The van der Waals surface area contributed by atoms with E-state index in [1.165, 1.54) is 11.4 Å². The van der Waals surface area contributed by atoms with Gasteiger partial charge in [-0.05, 0) is 89.3 Å². The molecule has 66 heavy (non-hydrogen) atoms. The first-order valence-corrected chi connectivity index (χ1v) is 24.4. The van der Waals surface area contributed by atoms with Gasteiger partial charge in [-0.15, -0.1) is 0 Å². The van der Waals surface area contributed by atoms with Gasteiger partial charge in [-0.25, -0.2) is 9.59 Å². The maximum absolute atomic E-state index is 12.2. The van der Waals surface area contributed by atoms with Gasteiger partial charge in [-0.3, -0.25) is 24.1 Å². The molecule has 358 valence electrons.